The number of nitrogens with zero attached hydrogens (tertiary/aromatic N) is 4. The van der Waals surface area contributed by atoms with Crippen LogP contribution in [0, 0.1) is 22.7 Å². The van der Waals surface area contributed by atoms with E-state index < -0.39 is 0 Å². The normalized spacial score (nSPS) is 27.8. The van der Waals surface area contributed by atoms with Crippen LogP contribution in [-0.2, 0) is 5.54 Å². The smallest absolute Gasteiger partial charge is 0.198 e. The number of hydrogen-bond acceptors (Lipinski definition) is 3. The first-order valence-electron chi connectivity index (χ1n) is 12.3. The van der Waals surface area contributed by atoms with Crippen molar-refractivity contribution in [1.82, 2.24) is 9.80 Å². The third-order valence-electron chi connectivity index (χ3n) is 8.69. The molecule has 1 heterocycles. The average Bonchev–Trinajstić information content (AvgIpc) is 3.08. The summed E-state index contributed by atoms with van der Waals surface area (Å²) in [5.41, 5.74) is 2.94. The molecule has 3 fully saturated rings. The van der Waals surface area contributed by atoms with E-state index in [1.165, 1.54) is 24.8 Å². The van der Waals surface area contributed by atoms with Crippen molar-refractivity contribution in [3.8, 4) is 6.07 Å². The van der Waals surface area contributed by atoms with E-state index in [4.69, 9.17) is 0 Å². The van der Waals surface area contributed by atoms with Crippen LogP contribution in [0.2, 0.25) is 0 Å². The monoisotopic (exact) mass is 441 g/mol. The minimum atomic E-state index is -0.0382. The van der Waals surface area contributed by atoms with Gasteiger partial charge in [0.15, 0.2) is 5.96 Å². The molecule has 5 nitrogen and oxygen atoms in total. The highest BCUT2D eigenvalue weighted by Crippen LogP contribution is 2.50. The molecule has 0 aromatic heterocycles. The Morgan fingerprint density at radius 1 is 1.00 bits per heavy atom. The van der Waals surface area contributed by atoms with Crippen molar-refractivity contribution in [2.75, 3.05) is 32.1 Å². The van der Waals surface area contributed by atoms with Gasteiger partial charge in [-0.05, 0) is 76.2 Å². The van der Waals surface area contributed by atoms with Gasteiger partial charge in [0.1, 0.15) is 6.07 Å². The molecule has 1 spiro atoms. The Bertz CT molecular complexity index is 1040. The van der Waals surface area contributed by atoms with Crippen LogP contribution in [0.1, 0.15) is 56.1 Å². The van der Waals surface area contributed by atoms with Crippen LogP contribution in [0.15, 0.2) is 54.6 Å². The number of benzene rings is 2. The highest BCUT2D eigenvalue weighted by Gasteiger charge is 2.54. The largest absolute Gasteiger partial charge is 0.335 e. The summed E-state index contributed by atoms with van der Waals surface area (Å²) in [7, 11) is 4.42. The molecular weight excluding hydrogens is 406 g/mol. The number of nitriles is 1. The number of rotatable bonds is 5. The van der Waals surface area contributed by atoms with E-state index in [9.17, 15) is 10.7 Å². The second-order valence-corrected chi connectivity index (χ2v) is 10.5. The van der Waals surface area contributed by atoms with Crippen molar-refractivity contribution in [3.63, 3.8) is 0 Å². The van der Waals surface area contributed by atoms with Crippen LogP contribution in [0.3, 0.4) is 0 Å². The lowest BCUT2D eigenvalue weighted by Crippen LogP contribution is -2.56. The minimum Gasteiger partial charge on any atom is -0.335 e. The molecule has 172 valence electrons. The Labute approximate surface area is 198 Å². The van der Waals surface area contributed by atoms with Crippen molar-refractivity contribution < 1.29 is 0 Å². The average molecular weight is 442 g/mol. The number of nitrogens with one attached hydrogen (secondary N) is 1. The molecule has 1 aliphatic heterocycles. The Hall–Kier alpha value is -2.84. The number of anilines is 1. The van der Waals surface area contributed by atoms with Gasteiger partial charge in [-0.25, -0.2) is 0 Å². The first-order valence-corrected chi connectivity index (χ1v) is 12.3. The molecule has 5 heteroatoms. The van der Waals surface area contributed by atoms with Crippen LogP contribution < -0.4 is 4.90 Å². The van der Waals surface area contributed by atoms with Crippen LogP contribution in [0.5, 0.6) is 0 Å². The quantitative estimate of drug-likeness (QED) is 0.694. The second kappa shape index (κ2) is 8.50. The van der Waals surface area contributed by atoms with E-state index in [1.807, 2.05) is 24.3 Å². The predicted molar refractivity (Wildman–Crippen MR) is 133 cm³/mol. The van der Waals surface area contributed by atoms with E-state index in [2.05, 4.69) is 65.2 Å². The zero-order chi connectivity index (χ0) is 23.1. The maximum Gasteiger partial charge on any atom is 0.198 e. The first-order chi connectivity index (χ1) is 16.0. The molecule has 2 saturated carbocycles. The summed E-state index contributed by atoms with van der Waals surface area (Å²) in [5.74, 6) is 1.28. The fourth-order valence-electron chi connectivity index (χ4n) is 6.34. The van der Waals surface area contributed by atoms with Gasteiger partial charge in [0.2, 0.25) is 0 Å². The van der Waals surface area contributed by atoms with E-state index in [0.717, 1.165) is 44.5 Å². The van der Waals surface area contributed by atoms with Crippen LogP contribution >= 0.6 is 0 Å². The SMILES string of the molecule is CN(C)C1(c2ccccc2)CCC2(CC1)CN(c1ccccc1C#N)C(=N)N2CC1CCC1. The Morgan fingerprint density at radius 2 is 1.67 bits per heavy atom. The molecule has 0 amide bonds. The van der Waals surface area contributed by atoms with Crippen LogP contribution in [0.4, 0.5) is 5.69 Å². The summed E-state index contributed by atoms with van der Waals surface area (Å²) < 4.78 is 0. The molecule has 2 aliphatic carbocycles. The fourth-order valence-corrected chi connectivity index (χ4v) is 6.34. The predicted octanol–water partition coefficient (Wildman–Crippen LogP) is 5.19. The summed E-state index contributed by atoms with van der Waals surface area (Å²) in [6.07, 6.45) is 8.14. The summed E-state index contributed by atoms with van der Waals surface area (Å²) in [6, 6.07) is 21.1. The highest BCUT2D eigenvalue weighted by molar-refractivity contribution is 5.98. The first kappa shape index (κ1) is 22.0. The van der Waals surface area contributed by atoms with E-state index >= 15 is 0 Å². The number of guanidine groups is 1. The molecule has 5 rings (SSSR count). The summed E-state index contributed by atoms with van der Waals surface area (Å²) >= 11 is 0. The molecule has 0 atom stereocenters. The zero-order valence-corrected chi connectivity index (χ0v) is 19.9. The number of para-hydroxylation sites is 1. The van der Waals surface area contributed by atoms with Gasteiger partial charge in [-0.2, -0.15) is 5.26 Å². The van der Waals surface area contributed by atoms with Crippen LogP contribution in [-0.4, -0.2) is 48.5 Å². The topological polar surface area (TPSA) is 57.4 Å². The van der Waals surface area contributed by atoms with Crippen molar-refractivity contribution in [2.45, 2.75) is 56.0 Å². The van der Waals surface area contributed by atoms with Crippen LogP contribution in [0.25, 0.3) is 0 Å². The standard InChI is InChI=1S/C28H35N5/c1-31(2)28(24-12-4-3-5-13-24)17-15-27(16-18-28)21-32(25-14-7-6-11-23(25)19-29)26(30)33(27)20-22-9-8-10-22/h3-7,11-14,22,30H,8-10,15-18,20-21H2,1-2H3. The second-order valence-electron chi connectivity index (χ2n) is 10.5. The highest BCUT2D eigenvalue weighted by atomic mass is 15.5. The molecule has 3 aliphatic rings. The van der Waals surface area contributed by atoms with Crippen molar-refractivity contribution in [1.29, 1.82) is 10.7 Å². The lowest BCUT2D eigenvalue weighted by atomic mass is 9.68. The van der Waals surface area contributed by atoms with Crippen molar-refractivity contribution in [3.05, 3.63) is 65.7 Å². The number of hydrogen-bond donors (Lipinski definition) is 1. The van der Waals surface area contributed by atoms with Gasteiger partial charge in [-0.3, -0.25) is 10.3 Å². The summed E-state index contributed by atoms with van der Waals surface area (Å²) in [6.45, 7) is 1.78. The maximum absolute atomic E-state index is 9.71. The zero-order valence-electron chi connectivity index (χ0n) is 19.9. The fraction of sp³-hybridized carbons (Fsp3) is 0.500. The molecule has 0 bridgehead atoms. The Kier molecular flexibility index (Phi) is 5.66. The molecule has 0 radical (unpaired) electrons. The molecule has 2 aromatic rings. The van der Waals surface area contributed by atoms with Gasteiger partial charge in [-0.15, -0.1) is 0 Å². The minimum absolute atomic E-state index is 0.0365. The molecule has 1 saturated heterocycles. The molecular formula is C28H35N5. The molecule has 33 heavy (non-hydrogen) atoms. The third kappa shape index (κ3) is 3.61. The summed E-state index contributed by atoms with van der Waals surface area (Å²) in [5, 5.41) is 18.9. The summed E-state index contributed by atoms with van der Waals surface area (Å²) in [4.78, 5) is 6.95. The van der Waals surface area contributed by atoms with E-state index in [0.29, 0.717) is 17.4 Å². The lowest BCUT2D eigenvalue weighted by Gasteiger charge is -2.52. The van der Waals surface area contributed by atoms with Crippen molar-refractivity contribution in [2.24, 2.45) is 5.92 Å². The van der Waals surface area contributed by atoms with Gasteiger partial charge < -0.3 is 9.80 Å². The molecule has 1 N–H and O–H groups in total. The van der Waals surface area contributed by atoms with Gasteiger partial charge >= 0.3 is 0 Å². The molecule has 0 unspecified atom stereocenters. The van der Waals surface area contributed by atoms with E-state index in [-0.39, 0.29) is 11.1 Å². The van der Waals surface area contributed by atoms with Gasteiger partial charge in [0.25, 0.3) is 0 Å². The Balaban J connectivity index is 1.47. The van der Waals surface area contributed by atoms with E-state index in [1.54, 1.807) is 0 Å². The lowest BCUT2D eigenvalue weighted by molar-refractivity contribution is 0.0234. The molecule has 2 aromatic carbocycles. The van der Waals surface area contributed by atoms with Crippen molar-refractivity contribution >= 4 is 11.6 Å². The van der Waals surface area contributed by atoms with Gasteiger partial charge in [-0.1, -0.05) is 48.9 Å². The van der Waals surface area contributed by atoms with Gasteiger partial charge in [0, 0.05) is 18.6 Å². The Morgan fingerprint density at radius 3 is 2.27 bits per heavy atom. The maximum atomic E-state index is 9.71. The van der Waals surface area contributed by atoms with Gasteiger partial charge in [0.05, 0.1) is 16.8 Å². The third-order valence-corrected chi connectivity index (χ3v) is 8.69.